The van der Waals surface area contributed by atoms with Crippen molar-refractivity contribution in [3.8, 4) is 0 Å². The molecule has 0 atom stereocenters. The maximum Gasteiger partial charge on any atom is 0.0782 e. The van der Waals surface area contributed by atoms with Gasteiger partial charge in [-0.1, -0.05) is 78.1 Å². The number of hydrogen-bond acceptors (Lipinski definition) is 1. The molecule has 0 saturated carbocycles. The van der Waals surface area contributed by atoms with Gasteiger partial charge in [0.25, 0.3) is 0 Å². The van der Waals surface area contributed by atoms with E-state index in [1.165, 1.54) is 107 Å². The van der Waals surface area contributed by atoms with E-state index in [-0.39, 0.29) is 5.48 Å². The summed E-state index contributed by atoms with van der Waals surface area (Å²) in [6, 6.07) is 0. The molecule has 0 radical (unpaired) electrons. The summed E-state index contributed by atoms with van der Waals surface area (Å²) in [5, 5.41) is 0. The molecular formula is C20H45NO. The van der Waals surface area contributed by atoms with Crippen LogP contribution in [0.5, 0.6) is 0 Å². The molecule has 1 N–H and O–H groups in total. The highest BCUT2D eigenvalue weighted by Gasteiger charge is 2.13. The average Bonchev–Trinajstić information content (AvgIpc) is 2.45. The Labute approximate surface area is 141 Å². The second-order valence-corrected chi connectivity index (χ2v) is 7.63. The molecule has 0 aromatic carbocycles. The topological polar surface area (TPSA) is 30.0 Å². The molecule has 0 amide bonds. The molecule has 0 bridgehead atoms. The van der Waals surface area contributed by atoms with Crippen molar-refractivity contribution in [2.24, 2.45) is 0 Å². The second-order valence-electron chi connectivity index (χ2n) is 7.63. The molecule has 2 heteroatoms. The minimum absolute atomic E-state index is 0. The van der Waals surface area contributed by atoms with E-state index in [1.54, 1.807) is 0 Å². The van der Waals surface area contributed by atoms with Gasteiger partial charge in [0.2, 0.25) is 0 Å². The first-order chi connectivity index (χ1) is 10.1. The van der Waals surface area contributed by atoms with Crippen LogP contribution in [0.15, 0.2) is 0 Å². The third-order valence-corrected chi connectivity index (χ3v) is 4.73. The van der Waals surface area contributed by atoms with Gasteiger partial charge in [0.05, 0.1) is 27.2 Å². The molecule has 0 aliphatic rings. The van der Waals surface area contributed by atoms with Gasteiger partial charge in [-0.3, -0.25) is 0 Å². The first kappa shape index (κ1) is 24.2. The van der Waals surface area contributed by atoms with E-state index >= 15 is 0 Å². The Bertz CT molecular complexity index is 204. The molecule has 0 heterocycles. The van der Waals surface area contributed by atoms with Crippen molar-refractivity contribution in [2.75, 3.05) is 27.2 Å². The van der Waals surface area contributed by atoms with Gasteiger partial charge in [0.1, 0.15) is 0 Å². The van der Waals surface area contributed by atoms with E-state index < -0.39 is 0 Å². The largest absolute Gasteiger partial charge is 0.870 e. The lowest BCUT2D eigenvalue weighted by molar-refractivity contribution is -0.890. The smallest absolute Gasteiger partial charge is 0.0782 e. The summed E-state index contributed by atoms with van der Waals surface area (Å²) in [5.74, 6) is 0. The first-order valence-corrected chi connectivity index (χ1v) is 9.94. The molecule has 0 rings (SSSR count). The molecule has 136 valence electrons. The van der Waals surface area contributed by atoms with Crippen molar-refractivity contribution in [2.45, 2.75) is 104 Å². The van der Waals surface area contributed by atoms with Crippen LogP contribution in [-0.2, 0) is 0 Å². The lowest BCUT2D eigenvalue weighted by Gasteiger charge is -2.30. The summed E-state index contributed by atoms with van der Waals surface area (Å²) in [4.78, 5) is 0. The standard InChI is InChI=1S/C20H44N.H2O/c1-5-7-9-11-13-14-16-18-20-21(3,4)19-17-15-12-10-8-6-2;/h5-20H2,1-4H3;1H2/q+1;/p-1. The zero-order chi connectivity index (χ0) is 15.8. The Balaban J connectivity index is 0. The van der Waals surface area contributed by atoms with Crippen LogP contribution in [0.3, 0.4) is 0 Å². The summed E-state index contributed by atoms with van der Waals surface area (Å²) in [7, 11) is 4.85. The monoisotopic (exact) mass is 315 g/mol. The van der Waals surface area contributed by atoms with Crippen molar-refractivity contribution >= 4 is 0 Å². The number of quaternary nitrogens is 1. The summed E-state index contributed by atoms with van der Waals surface area (Å²) < 4.78 is 1.24. The van der Waals surface area contributed by atoms with Gasteiger partial charge >= 0.3 is 0 Å². The quantitative estimate of drug-likeness (QED) is 0.240. The van der Waals surface area contributed by atoms with E-state index in [2.05, 4.69) is 27.9 Å². The van der Waals surface area contributed by atoms with E-state index in [0.717, 1.165) is 0 Å². The fourth-order valence-corrected chi connectivity index (χ4v) is 3.11. The molecule has 0 fully saturated rings. The van der Waals surface area contributed by atoms with Gasteiger partial charge in [-0.25, -0.2) is 0 Å². The zero-order valence-electron chi connectivity index (χ0n) is 16.2. The lowest BCUT2D eigenvalue weighted by Crippen LogP contribution is -2.41. The molecule has 0 unspecified atom stereocenters. The molecular weight excluding hydrogens is 270 g/mol. The molecule has 0 saturated heterocycles. The highest BCUT2D eigenvalue weighted by atomic mass is 16.0. The third-order valence-electron chi connectivity index (χ3n) is 4.73. The Hall–Kier alpha value is -0.0800. The van der Waals surface area contributed by atoms with Gasteiger partial charge in [0, 0.05) is 0 Å². The van der Waals surface area contributed by atoms with E-state index in [4.69, 9.17) is 0 Å². The number of rotatable bonds is 16. The number of unbranched alkanes of at least 4 members (excludes halogenated alkanes) is 12. The number of nitrogens with zero attached hydrogens (tertiary/aromatic N) is 1. The van der Waals surface area contributed by atoms with Crippen molar-refractivity contribution in [1.29, 1.82) is 0 Å². The second kappa shape index (κ2) is 17.3. The highest BCUT2D eigenvalue weighted by molar-refractivity contribution is 4.48. The maximum atomic E-state index is 2.42. The fourth-order valence-electron chi connectivity index (χ4n) is 3.11. The van der Waals surface area contributed by atoms with E-state index in [1.807, 2.05) is 0 Å². The van der Waals surface area contributed by atoms with E-state index in [0.29, 0.717) is 0 Å². The van der Waals surface area contributed by atoms with Crippen molar-refractivity contribution in [3.05, 3.63) is 0 Å². The van der Waals surface area contributed by atoms with Gasteiger partial charge in [-0.15, -0.1) is 0 Å². The Morgan fingerprint density at radius 3 is 1.05 bits per heavy atom. The van der Waals surface area contributed by atoms with Crippen LogP contribution in [0.25, 0.3) is 0 Å². The number of hydrogen-bond donors (Lipinski definition) is 0. The third kappa shape index (κ3) is 18.0. The fraction of sp³-hybridized carbons (Fsp3) is 1.00. The first-order valence-electron chi connectivity index (χ1n) is 9.94. The zero-order valence-corrected chi connectivity index (χ0v) is 16.2. The Morgan fingerprint density at radius 2 is 0.727 bits per heavy atom. The average molecular weight is 316 g/mol. The van der Waals surface area contributed by atoms with Crippen LogP contribution in [0, 0.1) is 0 Å². The van der Waals surface area contributed by atoms with Crippen molar-refractivity contribution in [1.82, 2.24) is 0 Å². The van der Waals surface area contributed by atoms with Crippen molar-refractivity contribution < 1.29 is 9.96 Å². The summed E-state index contributed by atoms with van der Waals surface area (Å²) >= 11 is 0. The van der Waals surface area contributed by atoms with Gasteiger partial charge < -0.3 is 9.96 Å². The van der Waals surface area contributed by atoms with Crippen molar-refractivity contribution in [3.63, 3.8) is 0 Å². The summed E-state index contributed by atoms with van der Waals surface area (Å²) in [6.07, 6.45) is 20.1. The lowest BCUT2D eigenvalue weighted by atomic mass is 10.1. The van der Waals surface area contributed by atoms with Gasteiger partial charge in [-0.05, 0) is 25.7 Å². The van der Waals surface area contributed by atoms with Crippen LogP contribution in [-0.4, -0.2) is 37.1 Å². The minimum atomic E-state index is 0. The molecule has 0 aliphatic heterocycles. The van der Waals surface area contributed by atoms with Gasteiger partial charge in [0.15, 0.2) is 0 Å². The molecule has 0 aromatic rings. The predicted octanol–water partition coefficient (Wildman–Crippen LogP) is 6.39. The van der Waals surface area contributed by atoms with Crippen LogP contribution in [0.2, 0.25) is 0 Å². The SMILES string of the molecule is CCCCCCCCCC[N+](C)(C)CCCCCCCC.[OH-]. The van der Waals surface area contributed by atoms with Crippen LogP contribution in [0.4, 0.5) is 0 Å². The van der Waals surface area contributed by atoms with Crippen LogP contribution < -0.4 is 0 Å². The normalized spacial score (nSPS) is 11.5. The minimum Gasteiger partial charge on any atom is -0.870 e. The van der Waals surface area contributed by atoms with Crippen LogP contribution in [0.1, 0.15) is 104 Å². The van der Waals surface area contributed by atoms with Crippen LogP contribution >= 0.6 is 0 Å². The Morgan fingerprint density at radius 1 is 0.455 bits per heavy atom. The Kier molecular flexibility index (Phi) is 19.0. The molecule has 22 heavy (non-hydrogen) atoms. The van der Waals surface area contributed by atoms with Gasteiger partial charge in [-0.2, -0.15) is 0 Å². The molecule has 0 spiro atoms. The molecule has 2 nitrogen and oxygen atoms in total. The predicted molar refractivity (Wildman–Crippen MR) is 99.8 cm³/mol. The highest BCUT2D eigenvalue weighted by Crippen LogP contribution is 2.12. The molecule has 0 aliphatic carbocycles. The summed E-state index contributed by atoms with van der Waals surface area (Å²) in [5.41, 5.74) is 0. The summed E-state index contributed by atoms with van der Waals surface area (Å²) in [6.45, 7) is 7.35. The maximum absolute atomic E-state index is 2.42. The van der Waals surface area contributed by atoms with E-state index in [9.17, 15) is 0 Å². The molecule has 0 aromatic heterocycles.